The molecule has 3 nitrogen and oxygen atoms in total. The number of esters is 1. The molecule has 1 aliphatic rings. The molecule has 0 bridgehead atoms. The van der Waals surface area contributed by atoms with Gasteiger partial charge in [-0.2, -0.15) is 0 Å². The molecule has 0 amide bonds. The van der Waals surface area contributed by atoms with Crippen molar-refractivity contribution in [1.82, 2.24) is 0 Å². The second-order valence-electron chi connectivity index (χ2n) is 5.84. The first kappa shape index (κ1) is 16.9. The molecule has 1 aliphatic carbocycles. The highest BCUT2D eigenvalue weighted by Gasteiger charge is 2.51. The molecule has 1 unspecified atom stereocenters. The zero-order chi connectivity index (χ0) is 17.3. The van der Waals surface area contributed by atoms with Gasteiger partial charge >= 0.3 is 5.97 Å². The van der Waals surface area contributed by atoms with E-state index < -0.39 is 11.4 Å². The third-order valence-electron chi connectivity index (χ3n) is 4.55. The van der Waals surface area contributed by atoms with Gasteiger partial charge in [0.15, 0.2) is 11.2 Å². The topological polar surface area (TPSA) is 43.4 Å². The Morgan fingerprint density at radius 3 is 2.29 bits per heavy atom. The number of hydrogen-bond donors (Lipinski definition) is 0. The fraction of sp³-hybridized carbons (Fsp3) is 0.200. The third kappa shape index (κ3) is 2.49. The number of Topliss-reactive ketones (excluding diaryl/α,β-unsaturated/α-hetero) is 1. The molecule has 2 aromatic carbocycles. The summed E-state index contributed by atoms with van der Waals surface area (Å²) in [6, 6.07) is 17.5. The van der Waals surface area contributed by atoms with Crippen molar-refractivity contribution in [3.63, 3.8) is 0 Å². The number of carbonyl (C=O) groups is 2. The molecule has 4 heteroatoms. The van der Waals surface area contributed by atoms with Crippen LogP contribution in [0, 0.1) is 5.41 Å². The van der Waals surface area contributed by atoms with Gasteiger partial charge in [-0.05, 0) is 51.8 Å². The SMILES string of the molecule is COC(=O)C1(C(C)=O)Cc2ccccc2C(I)=C1c1ccccc1. The van der Waals surface area contributed by atoms with Gasteiger partial charge in [0.2, 0.25) is 0 Å². The highest BCUT2D eigenvalue weighted by Crippen LogP contribution is 2.51. The van der Waals surface area contributed by atoms with Crippen LogP contribution in [-0.4, -0.2) is 18.9 Å². The molecule has 0 spiro atoms. The van der Waals surface area contributed by atoms with Crippen LogP contribution in [0.2, 0.25) is 0 Å². The minimum Gasteiger partial charge on any atom is -0.468 e. The zero-order valence-corrected chi connectivity index (χ0v) is 15.7. The van der Waals surface area contributed by atoms with Gasteiger partial charge < -0.3 is 4.74 Å². The maximum atomic E-state index is 12.8. The van der Waals surface area contributed by atoms with Crippen LogP contribution in [0.1, 0.15) is 23.6 Å². The van der Waals surface area contributed by atoms with Gasteiger partial charge in [0.05, 0.1) is 7.11 Å². The van der Waals surface area contributed by atoms with Crippen molar-refractivity contribution in [2.45, 2.75) is 13.3 Å². The van der Waals surface area contributed by atoms with Crippen molar-refractivity contribution in [2.24, 2.45) is 5.41 Å². The van der Waals surface area contributed by atoms with E-state index in [-0.39, 0.29) is 5.78 Å². The Hall–Kier alpha value is -1.95. The number of ether oxygens (including phenoxy) is 1. The number of fused-ring (bicyclic) bond motifs is 1. The summed E-state index contributed by atoms with van der Waals surface area (Å²) in [5, 5.41) is 0. The Labute approximate surface area is 154 Å². The van der Waals surface area contributed by atoms with E-state index in [0.717, 1.165) is 25.8 Å². The number of carbonyl (C=O) groups excluding carboxylic acids is 2. The van der Waals surface area contributed by atoms with Gasteiger partial charge in [-0.1, -0.05) is 54.6 Å². The Bertz CT molecular complexity index is 839. The normalized spacial score (nSPS) is 19.6. The van der Waals surface area contributed by atoms with E-state index in [1.54, 1.807) is 0 Å². The number of methoxy groups -OCH3 is 1. The largest absolute Gasteiger partial charge is 0.468 e. The molecule has 0 fully saturated rings. The standard InChI is InChI=1S/C20H17IO3/c1-13(22)20(19(23)24-2)12-15-10-6-7-11-16(15)18(21)17(20)14-8-4-3-5-9-14/h3-11H,12H2,1-2H3. The van der Waals surface area contributed by atoms with E-state index >= 15 is 0 Å². The van der Waals surface area contributed by atoms with Crippen molar-refractivity contribution in [1.29, 1.82) is 0 Å². The first-order valence-electron chi connectivity index (χ1n) is 7.65. The highest BCUT2D eigenvalue weighted by atomic mass is 127. The lowest BCUT2D eigenvalue weighted by Crippen LogP contribution is -2.44. The smallest absolute Gasteiger partial charge is 0.324 e. The molecule has 0 aromatic heterocycles. The summed E-state index contributed by atoms with van der Waals surface area (Å²) >= 11 is 2.24. The molecule has 0 aliphatic heterocycles. The maximum Gasteiger partial charge on any atom is 0.324 e. The molecule has 0 N–H and O–H groups in total. The van der Waals surface area contributed by atoms with Crippen LogP contribution >= 0.6 is 22.6 Å². The van der Waals surface area contributed by atoms with Crippen molar-refractivity contribution in [3.8, 4) is 0 Å². The van der Waals surface area contributed by atoms with E-state index in [9.17, 15) is 9.59 Å². The molecule has 0 radical (unpaired) electrons. The molecule has 2 aromatic rings. The Morgan fingerprint density at radius 2 is 1.67 bits per heavy atom. The van der Waals surface area contributed by atoms with Gasteiger partial charge in [-0.3, -0.25) is 9.59 Å². The second-order valence-corrected chi connectivity index (χ2v) is 6.92. The molecule has 0 saturated carbocycles. The molecule has 3 rings (SSSR count). The number of ketones is 1. The lowest BCUT2D eigenvalue weighted by molar-refractivity contribution is -0.153. The van der Waals surface area contributed by atoms with E-state index in [1.807, 2.05) is 54.6 Å². The van der Waals surface area contributed by atoms with Gasteiger partial charge in [0, 0.05) is 10.0 Å². The van der Waals surface area contributed by atoms with Crippen LogP contribution in [0.15, 0.2) is 54.6 Å². The molecular weight excluding hydrogens is 415 g/mol. The van der Waals surface area contributed by atoms with Crippen molar-refractivity contribution in [2.75, 3.05) is 7.11 Å². The van der Waals surface area contributed by atoms with Crippen molar-refractivity contribution >= 4 is 43.5 Å². The van der Waals surface area contributed by atoms with E-state index in [2.05, 4.69) is 22.6 Å². The van der Waals surface area contributed by atoms with Crippen LogP contribution in [0.25, 0.3) is 9.15 Å². The Morgan fingerprint density at radius 1 is 1.04 bits per heavy atom. The fourth-order valence-corrected chi connectivity index (χ4v) is 4.65. The third-order valence-corrected chi connectivity index (χ3v) is 5.67. The lowest BCUT2D eigenvalue weighted by atomic mass is 9.66. The molecule has 1 atom stereocenters. The number of hydrogen-bond acceptors (Lipinski definition) is 3. The minimum atomic E-state index is -1.30. The van der Waals surface area contributed by atoms with Crippen LogP contribution in [0.3, 0.4) is 0 Å². The average Bonchev–Trinajstić information content (AvgIpc) is 2.61. The summed E-state index contributed by atoms with van der Waals surface area (Å²) in [6.45, 7) is 1.47. The zero-order valence-electron chi connectivity index (χ0n) is 13.5. The number of benzene rings is 2. The fourth-order valence-electron chi connectivity index (χ4n) is 3.36. The molecule has 24 heavy (non-hydrogen) atoms. The predicted octanol–water partition coefficient (Wildman–Crippen LogP) is 4.29. The molecule has 122 valence electrons. The van der Waals surface area contributed by atoms with Gasteiger partial charge in [-0.25, -0.2) is 0 Å². The summed E-state index contributed by atoms with van der Waals surface area (Å²) in [4.78, 5) is 25.5. The summed E-state index contributed by atoms with van der Waals surface area (Å²) in [6.07, 6.45) is 0.321. The summed E-state index contributed by atoms with van der Waals surface area (Å²) in [5.74, 6) is -0.700. The second kappa shape index (κ2) is 6.51. The summed E-state index contributed by atoms with van der Waals surface area (Å²) in [7, 11) is 1.34. The Kier molecular flexibility index (Phi) is 4.58. The van der Waals surface area contributed by atoms with Gasteiger partial charge in [0.1, 0.15) is 0 Å². The minimum absolute atomic E-state index is 0.197. The van der Waals surface area contributed by atoms with Crippen LogP contribution in [-0.2, 0) is 20.7 Å². The van der Waals surface area contributed by atoms with E-state index in [1.165, 1.54) is 14.0 Å². The summed E-state index contributed by atoms with van der Waals surface area (Å²) in [5.41, 5.74) is 2.36. The first-order chi connectivity index (χ1) is 11.5. The van der Waals surface area contributed by atoms with Crippen LogP contribution < -0.4 is 0 Å². The van der Waals surface area contributed by atoms with Gasteiger partial charge in [0.25, 0.3) is 0 Å². The Balaban J connectivity index is 2.39. The van der Waals surface area contributed by atoms with Crippen molar-refractivity contribution < 1.29 is 14.3 Å². The first-order valence-corrected chi connectivity index (χ1v) is 8.73. The predicted molar refractivity (Wildman–Crippen MR) is 103 cm³/mol. The average molecular weight is 432 g/mol. The van der Waals surface area contributed by atoms with Crippen LogP contribution in [0.5, 0.6) is 0 Å². The van der Waals surface area contributed by atoms with Crippen molar-refractivity contribution in [3.05, 3.63) is 71.3 Å². The highest BCUT2D eigenvalue weighted by molar-refractivity contribution is 14.1. The lowest BCUT2D eigenvalue weighted by Gasteiger charge is -2.36. The summed E-state index contributed by atoms with van der Waals surface area (Å²) < 4.78 is 5.99. The molecule has 0 saturated heterocycles. The molecule has 0 heterocycles. The van der Waals surface area contributed by atoms with E-state index in [0.29, 0.717) is 6.42 Å². The number of rotatable bonds is 3. The monoisotopic (exact) mass is 432 g/mol. The van der Waals surface area contributed by atoms with Crippen LogP contribution in [0.4, 0.5) is 0 Å². The van der Waals surface area contributed by atoms with E-state index in [4.69, 9.17) is 4.74 Å². The quantitative estimate of drug-likeness (QED) is 0.413. The maximum absolute atomic E-state index is 12.8. The van der Waals surface area contributed by atoms with Gasteiger partial charge in [-0.15, -0.1) is 0 Å². The number of halogens is 1. The molecular formula is C20H17IO3.